The number of anilines is 1. The molecule has 0 spiro atoms. The van der Waals surface area contributed by atoms with E-state index in [1.165, 1.54) is 12.1 Å². The Morgan fingerprint density at radius 3 is 2.62 bits per heavy atom. The van der Waals surface area contributed by atoms with Crippen molar-refractivity contribution in [3.63, 3.8) is 0 Å². The number of benzene rings is 1. The van der Waals surface area contributed by atoms with E-state index in [1.54, 1.807) is 38.1 Å². The molecule has 26 heavy (non-hydrogen) atoms. The van der Waals surface area contributed by atoms with E-state index in [9.17, 15) is 9.50 Å². The molecule has 2 heterocycles. The lowest BCUT2D eigenvalue weighted by Gasteiger charge is -2.10. The third-order valence-corrected chi connectivity index (χ3v) is 3.68. The van der Waals surface area contributed by atoms with Crippen molar-refractivity contribution in [3.05, 3.63) is 42.0 Å². The van der Waals surface area contributed by atoms with Gasteiger partial charge in [-0.3, -0.25) is 0 Å². The molecule has 6 nitrogen and oxygen atoms in total. The first-order chi connectivity index (χ1) is 11.8. The number of imidazole rings is 1. The number of nitrogens with zero attached hydrogens (tertiary/aromatic N) is 4. The molecule has 0 bridgehead atoms. The maximum absolute atomic E-state index is 13.6. The van der Waals surface area contributed by atoms with Gasteiger partial charge in [-0.15, -0.1) is 12.4 Å². The standard InChI is InChI=1S/C18H20FN5O.ClH/c1-4-24-16(11-6-5-7-12(19)10-11)23-14-15(20)21-13(22-17(14)24)8-9-18(2,3)25;/h5-10,25H,4H2,1-3H3,(H2,20,21,22);1H. The highest BCUT2D eigenvalue weighted by Crippen LogP contribution is 2.27. The van der Waals surface area contributed by atoms with Crippen LogP contribution in [0.5, 0.6) is 0 Å². The van der Waals surface area contributed by atoms with E-state index in [-0.39, 0.29) is 24.0 Å². The van der Waals surface area contributed by atoms with Gasteiger partial charge in [0.15, 0.2) is 22.8 Å². The van der Waals surface area contributed by atoms with Crippen LogP contribution in [-0.2, 0) is 6.54 Å². The van der Waals surface area contributed by atoms with Crippen LogP contribution in [0, 0.1) is 5.82 Å². The fourth-order valence-electron chi connectivity index (χ4n) is 2.54. The van der Waals surface area contributed by atoms with Crippen molar-refractivity contribution in [3.8, 4) is 11.4 Å². The number of fused-ring (bicyclic) bond motifs is 1. The maximum atomic E-state index is 13.6. The minimum atomic E-state index is -0.981. The van der Waals surface area contributed by atoms with E-state index < -0.39 is 5.60 Å². The summed E-state index contributed by atoms with van der Waals surface area (Å²) in [6.07, 6.45) is 3.21. The number of nitrogen functional groups attached to an aromatic ring is 1. The summed E-state index contributed by atoms with van der Waals surface area (Å²) in [7, 11) is 0. The Hall–Kier alpha value is -2.51. The van der Waals surface area contributed by atoms with Crippen LogP contribution in [0.3, 0.4) is 0 Å². The first-order valence-corrected chi connectivity index (χ1v) is 8.00. The van der Waals surface area contributed by atoms with Crippen molar-refractivity contribution < 1.29 is 9.50 Å². The number of hydrogen-bond acceptors (Lipinski definition) is 5. The monoisotopic (exact) mass is 377 g/mol. The predicted octanol–water partition coefficient (Wildman–Crippen LogP) is 3.44. The molecule has 0 unspecified atom stereocenters. The van der Waals surface area contributed by atoms with Gasteiger partial charge >= 0.3 is 0 Å². The summed E-state index contributed by atoms with van der Waals surface area (Å²) in [5, 5.41) is 9.81. The second-order valence-electron chi connectivity index (χ2n) is 6.32. The normalized spacial score (nSPS) is 11.9. The Morgan fingerprint density at radius 2 is 2.00 bits per heavy atom. The Kier molecular flexibility index (Phi) is 5.63. The van der Waals surface area contributed by atoms with Crippen LogP contribution in [-0.4, -0.2) is 30.2 Å². The van der Waals surface area contributed by atoms with Crippen LogP contribution >= 0.6 is 12.4 Å². The predicted molar refractivity (Wildman–Crippen MR) is 103 cm³/mol. The van der Waals surface area contributed by atoms with Gasteiger partial charge < -0.3 is 15.4 Å². The largest absolute Gasteiger partial charge is 0.386 e. The van der Waals surface area contributed by atoms with Gasteiger partial charge in [0, 0.05) is 12.1 Å². The van der Waals surface area contributed by atoms with E-state index in [0.29, 0.717) is 34.9 Å². The number of rotatable bonds is 4. The molecule has 3 aromatic rings. The number of aryl methyl sites for hydroxylation is 1. The van der Waals surface area contributed by atoms with E-state index in [4.69, 9.17) is 5.73 Å². The van der Waals surface area contributed by atoms with Crippen molar-refractivity contribution in [2.24, 2.45) is 0 Å². The highest BCUT2D eigenvalue weighted by Gasteiger charge is 2.17. The second kappa shape index (κ2) is 7.39. The Bertz CT molecular complexity index is 962. The molecule has 8 heteroatoms. The van der Waals surface area contributed by atoms with Crippen molar-refractivity contribution in [2.45, 2.75) is 32.9 Å². The number of aliphatic hydroxyl groups is 1. The Balaban J connectivity index is 0.00000243. The first-order valence-electron chi connectivity index (χ1n) is 8.00. The molecular weight excluding hydrogens is 357 g/mol. The molecule has 0 aliphatic carbocycles. The SMILES string of the molecule is CCn1c(-c2cccc(F)c2)nc2c(N)nc(C=CC(C)(C)O)nc21.Cl. The quantitative estimate of drug-likeness (QED) is 0.726. The number of aromatic nitrogens is 4. The molecule has 0 saturated carbocycles. The maximum Gasteiger partial charge on any atom is 0.166 e. The van der Waals surface area contributed by atoms with Crippen LogP contribution in [0.4, 0.5) is 10.2 Å². The minimum absolute atomic E-state index is 0. The number of hydrogen-bond donors (Lipinski definition) is 2. The molecule has 3 rings (SSSR count). The Morgan fingerprint density at radius 1 is 1.27 bits per heavy atom. The van der Waals surface area contributed by atoms with Gasteiger partial charge in [-0.1, -0.05) is 12.1 Å². The van der Waals surface area contributed by atoms with Gasteiger partial charge in [-0.2, -0.15) is 0 Å². The van der Waals surface area contributed by atoms with Gasteiger partial charge in [0.05, 0.1) is 5.60 Å². The van der Waals surface area contributed by atoms with Gasteiger partial charge in [-0.05, 0) is 45.1 Å². The van der Waals surface area contributed by atoms with Crippen LogP contribution in [0.1, 0.15) is 26.6 Å². The van der Waals surface area contributed by atoms with Crippen molar-refractivity contribution >= 4 is 35.5 Å². The smallest absolute Gasteiger partial charge is 0.166 e. The molecule has 0 atom stereocenters. The molecule has 0 saturated heterocycles. The molecule has 0 aliphatic heterocycles. The minimum Gasteiger partial charge on any atom is -0.386 e. The third kappa shape index (κ3) is 4.00. The number of nitrogens with two attached hydrogens (primary N) is 1. The lowest BCUT2D eigenvalue weighted by atomic mass is 10.1. The molecule has 0 radical (unpaired) electrons. The summed E-state index contributed by atoms with van der Waals surface area (Å²) in [4.78, 5) is 13.2. The average molecular weight is 378 g/mol. The van der Waals surface area contributed by atoms with E-state index in [1.807, 2.05) is 11.5 Å². The summed E-state index contributed by atoms with van der Waals surface area (Å²) >= 11 is 0. The fourth-order valence-corrected chi connectivity index (χ4v) is 2.54. The second-order valence-corrected chi connectivity index (χ2v) is 6.32. The van der Waals surface area contributed by atoms with Crippen molar-refractivity contribution in [1.82, 2.24) is 19.5 Å². The lowest BCUT2D eigenvalue weighted by Crippen LogP contribution is -2.13. The molecule has 0 fully saturated rings. The van der Waals surface area contributed by atoms with Crippen LogP contribution in [0.15, 0.2) is 30.3 Å². The van der Waals surface area contributed by atoms with Gasteiger partial charge in [0.25, 0.3) is 0 Å². The number of halogens is 2. The topological polar surface area (TPSA) is 89.9 Å². The third-order valence-electron chi connectivity index (χ3n) is 3.68. The zero-order valence-electron chi connectivity index (χ0n) is 14.8. The van der Waals surface area contributed by atoms with Crippen LogP contribution in [0.25, 0.3) is 28.6 Å². The fraction of sp³-hybridized carbons (Fsp3) is 0.278. The summed E-state index contributed by atoms with van der Waals surface area (Å²) < 4.78 is 15.4. The summed E-state index contributed by atoms with van der Waals surface area (Å²) in [6, 6.07) is 6.23. The molecule has 138 valence electrons. The van der Waals surface area contributed by atoms with Crippen LogP contribution < -0.4 is 5.73 Å². The Labute approximate surface area is 157 Å². The highest BCUT2D eigenvalue weighted by atomic mass is 35.5. The van der Waals surface area contributed by atoms with E-state index >= 15 is 0 Å². The highest BCUT2D eigenvalue weighted by molar-refractivity contribution is 5.86. The van der Waals surface area contributed by atoms with E-state index in [0.717, 1.165) is 0 Å². The lowest BCUT2D eigenvalue weighted by molar-refractivity contribution is 0.134. The molecule has 1 aromatic carbocycles. The van der Waals surface area contributed by atoms with E-state index in [2.05, 4.69) is 15.0 Å². The molecular formula is C18H21ClFN5O. The zero-order valence-corrected chi connectivity index (χ0v) is 15.6. The summed E-state index contributed by atoms with van der Waals surface area (Å²) in [6.45, 7) is 5.86. The zero-order chi connectivity index (χ0) is 18.2. The van der Waals surface area contributed by atoms with Gasteiger partial charge in [0.2, 0.25) is 0 Å². The van der Waals surface area contributed by atoms with Crippen molar-refractivity contribution in [2.75, 3.05) is 5.73 Å². The van der Waals surface area contributed by atoms with Gasteiger partial charge in [-0.25, -0.2) is 19.3 Å². The molecule has 0 amide bonds. The summed E-state index contributed by atoms with van der Waals surface area (Å²) in [5.74, 6) is 0.874. The summed E-state index contributed by atoms with van der Waals surface area (Å²) in [5.41, 5.74) is 6.76. The van der Waals surface area contributed by atoms with Crippen molar-refractivity contribution in [1.29, 1.82) is 0 Å². The van der Waals surface area contributed by atoms with Crippen LogP contribution in [0.2, 0.25) is 0 Å². The average Bonchev–Trinajstić information content (AvgIpc) is 2.91. The molecule has 3 N–H and O–H groups in total. The molecule has 0 aliphatic rings. The molecule has 2 aromatic heterocycles. The first kappa shape index (κ1) is 19.8. The van der Waals surface area contributed by atoms with Gasteiger partial charge in [0.1, 0.15) is 11.6 Å².